The molecule has 0 unspecified atom stereocenters. The second kappa shape index (κ2) is 10.4. The number of fused-ring (bicyclic) bond motifs is 1. The van der Waals surface area contributed by atoms with Gasteiger partial charge in [-0.1, -0.05) is 18.7 Å². The third-order valence-corrected chi connectivity index (χ3v) is 6.76. The number of hydrogen-bond acceptors (Lipinski definition) is 5. The van der Waals surface area contributed by atoms with E-state index in [1.807, 2.05) is 0 Å². The molecule has 0 aromatic carbocycles. The molecule has 1 fully saturated rings. The van der Waals surface area contributed by atoms with Gasteiger partial charge in [-0.3, -0.25) is 19.3 Å². The van der Waals surface area contributed by atoms with E-state index < -0.39 is 24.0 Å². The van der Waals surface area contributed by atoms with E-state index in [-0.39, 0.29) is 29.0 Å². The number of aryl methyl sites for hydroxylation is 1. The lowest BCUT2D eigenvalue weighted by atomic mass is 9.74. The molecule has 0 saturated heterocycles. The first-order valence-electron chi connectivity index (χ1n) is 11.9. The molecule has 10 heteroatoms. The van der Waals surface area contributed by atoms with Gasteiger partial charge < -0.3 is 0 Å². The van der Waals surface area contributed by atoms with E-state index in [1.165, 1.54) is 10.6 Å². The molecule has 0 amide bonds. The van der Waals surface area contributed by atoms with Gasteiger partial charge in [-0.25, -0.2) is 14.4 Å². The van der Waals surface area contributed by atoms with Crippen molar-refractivity contribution in [3.63, 3.8) is 0 Å². The Labute approximate surface area is 211 Å². The summed E-state index contributed by atoms with van der Waals surface area (Å²) >= 11 is 0. The van der Waals surface area contributed by atoms with Gasteiger partial charge in [0.05, 0.1) is 17.9 Å². The topological polar surface area (TPSA) is 73.6 Å². The molecule has 4 rings (SSSR count). The van der Waals surface area contributed by atoms with Crippen molar-refractivity contribution in [3.05, 3.63) is 93.9 Å². The van der Waals surface area contributed by atoms with Crippen LogP contribution < -0.4 is 5.56 Å². The van der Waals surface area contributed by atoms with Crippen molar-refractivity contribution < 1.29 is 17.6 Å². The van der Waals surface area contributed by atoms with Crippen LogP contribution in [0, 0.1) is 12.8 Å². The first-order valence-corrected chi connectivity index (χ1v) is 11.9. The van der Waals surface area contributed by atoms with Crippen LogP contribution in [0.25, 0.3) is 11.2 Å². The number of aromatic nitrogens is 5. The lowest BCUT2D eigenvalue weighted by Gasteiger charge is -2.31. The van der Waals surface area contributed by atoms with E-state index in [1.54, 1.807) is 26.1 Å². The summed E-state index contributed by atoms with van der Waals surface area (Å²) in [5.74, 6) is -0.602. The number of halogens is 4. The average molecular weight is 514 g/mol. The van der Waals surface area contributed by atoms with Crippen LogP contribution in [0.2, 0.25) is 0 Å². The first kappa shape index (κ1) is 26.4. The van der Waals surface area contributed by atoms with Crippen molar-refractivity contribution >= 4 is 11.2 Å². The molecule has 0 atom stereocenters. The zero-order valence-corrected chi connectivity index (χ0v) is 20.6. The van der Waals surface area contributed by atoms with Gasteiger partial charge in [0, 0.05) is 24.2 Å². The first-order chi connectivity index (χ1) is 17.5. The minimum Gasteiger partial charge on any atom is -0.285 e. The van der Waals surface area contributed by atoms with Gasteiger partial charge in [0.2, 0.25) is 0 Å². The molecular weight excluding hydrogens is 486 g/mol. The number of nitrogens with zero attached hydrogens (tertiary/aromatic N) is 5. The molecule has 3 aromatic rings. The van der Waals surface area contributed by atoms with Crippen LogP contribution >= 0.6 is 0 Å². The van der Waals surface area contributed by atoms with Gasteiger partial charge in [-0.2, -0.15) is 13.2 Å². The minimum absolute atomic E-state index is 0.0502. The van der Waals surface area contributed by atoms with Crippen molar-refractivity contribution in [2.75, 3.05) is 0 Å². The summed E-state index contributed by atoms with van der Waals surface area (Å²) in [6, 6.07) is 1.67. The lowest BCUT2D eigenvalue weighted by molar-refractivity contribution is -0.142. The third-order valence-electron chi connectivity index (χ3n) is 6.76. The highest BCUT2D eigenvalue weighted by Crippen LogP contribution is 2.41. The van der Waals surface area contributed by atoms with Crippen molar-refractivity contribution in [3.8, 4) is 0 Å². The standard InChI is InChI=1S/C27H27F4N5O/c1-5-20(28)23(15(2)3)18-8-6-17(7-9-18)19-12-21-25(35-16(4)13-34-21)36(26(19)37)14-22-24(27(29,30)31)33-11-10-32-22/h5,10-13,17-18H,1-2,6-9,14H2,3-4H3/b23-20-. The monoisotopic (exact) mass is 513 g/mol. The summed E-state index contributed by atoms with van der Waals surface area (Å²) in [7, 11) is 0. The Morgan fingerprint density at radius 2 is 1.84 bits per heavy atom. The van der Waals surface area contributed by atoms with E-state index in [2.05, 4.69) is 33.1 Å². The molecule has 0 N–H and O–H groups in total. The highest BCUT2D eigenvalue weighted by molar-refractivity contribution is 5.71. The van der Waals surface area contributed by atoms with E-state index in [4.69, 9.17) is 0 Å². The van der Waals surface area contributed by atoms with Gasteiger partial charge in [0.15, 0.2) is 11.3 Å². The molecule has 0 aliphatic heterocycles. The minimum atomic E-state index is -4.73. The summed E-state index contributed by atoms with van der Waals surface area (Å²) < 4.78 is 56.4. The maximum Gasteiger partial charge on any atom is 0.435 e. The Hall–Kier alpha value is -3.69. The van der Waals surface area contributed by atoms with Gasteiger partial charge in [0.25, 0.3) is 5.56 Å². The largest absolute Gasteiger partial charge is 0.435 e. The molecule has 1 saturated carbocycles. The maximum absolute atomic E-state index is 14.4. The molecule has 1 aliphatic rings. The average Bonchev–Trinajstić information content (AvgIpc) is 2.85. The smallest absolute Gasteiger partial charge is 0.285 e. The number of allylic oxidation sites excluding steroid dienone is 4. The van der Waals surface area contributed by atoms with Crippen LogP contribution in [0.1, 0.15) is 61.2 Å². The van der Waals surface area contributed by atoms with E-state index in [9.17, 15) is 22.4 Å². The molecule has 1 aliphatic carbocycles. The SMILES string of the molecule is C=C/C(F)=C(\C(=C)C)C1CCC(c2cc3ncc(C)nc3n(Cc3nccnc3C(F)(F)F)c2=O)CC1. The molecule has 0 spiro atoms. The quantitative estimate of drug-likeness (QED) is 0.289. The van der Waals surface area contributed by atoms with Crippen molar-refractivity contribution in [2.45, 2.75) is 58.2 Å². The third kappa shape index (κ3) is 5.38. The number of hydrogen-bond donors (Lipinski definition) is 0. The summed E-state index contributed by atoms with van der Waals surface area (Å²) in [5.41, 5.74) is 0.782. The van der Waals surface area contributed by atoms with Crippen LogP contribution in [0.15, 0.2) is 65.7 Å². The van der Waals surface area contributed by atoms with Crippen molar-refractivity contribution in [2.24, 2.45) is 5.92 Å². The molecule has 0 radical (unpaired) electrons. The van der Waals surface area contributed by atoms with Gasteiger partial charge in [-0.05, 0) is 69.1 Å². The normalized spacial score (nSPS) is 19.0. The molecule has 3 heterocycles. The summed E-state index contributed by atoms with van der Waals surface area (Å²) in [6.07, 6.45) is 2.60. The second-order valence-electron chi connectivity index (χ2n) is 9.36. The predicted octanol–water partition coefficient (Wildman–Crippen LogP) is 6.22. The van der Waals surface area contributed by atoms with Crippen LogP contribution in [0.4, 0.5) is 17.6 Å². The Balaban J connectivity index is 1.75. The van der Waals surface area contributed by atoms with Crippen LogP contribution in [-0.4, -0.2) is 24.5 Å². The van der Waals surface area contributed by atoms with E-state index in [0.29, 0.717) is 53.6 Å². The zero-order valence-electron chi connectivity index (χ0n) is 20.6. The molecule has 3 aromatic heterocycles. The fourth-order valence-electron chi connectivity index (χ4n) is 5.09. The maximum atomic E-state index is 14.4. The number of rotatable bonds is 6. The molecule has 6 nitrogen and oxygen atoms in total. The molecular formula is C27H27F4N5O. The van der Waals surface area contributed by atoms with Crippen LogP contribution in [0.3, 0.4) is 0 Å². The fourth-order valence-corrected chi connectivity index (χ4v) is 5.09. The number of alkyl halides is 3. The molecule has 0 bridgehead atoms. The fraction of sp³-hybridized carbons (Fsp3) is 0.370. The highest BCUT2D eigenvalue weighted by Gasteiger charge is 2.36. The zero-order chi connectivity index (χ0) is 26.9. The number of pyridine rings is 1. The summed E-state index contributed by atoms with van der Waals surface area (Å²) in [4.78, 5) is 29.8. The van der Waals surface area contributed by atoms with Gasteiger partial charge in [-0.15, -0.1) is 0 Å². The molecule has 194 valence electrons. The Kier molecular flexibility index (Phi) is 7.38. The Morgan fingerprint density at radius 1 is 1.16 bits per heavy atom. The summed E-state index contributed by atoms with van der Waals surface area (Å²) in [5, 5.41) is 0. The van der Waals surface area contributed by atoms with E-state index in [0.717, 1.165) is 12.4 Å². The van der Waals surface area contributed by atoms with Crippen molar-refractivity contribution in [1.29, 1.82) is 0 Å². The Morgan fingerprint density at radius 3 is 2.46 bits per heavy atom. The Bertz CT molecular complexity index is 1450. The highest BCUT2D eigenvalue weighted by atomic mass is 19.4. The molecule has 37 heavy (non-hydrogen) atoms. The van der Waals surface area contributed by atoms with Crippen molar-refractivity contribution in [1.82, 2.24) is 24.5 Å². The lowest BCUT2D eigenvalue weighted by Crippen LogP contribution is -2.30. The van der Waals surface area contributed by atoms with Gasteiger partial charge in [0.1, 0.15) is 11.3 Å². The van der Waals surface area contributed by atoms with Crippen LogP contribution in [-0.2, 0) is 12.7 Å². The summed E-state index contributed by atoms with van der Waals surface area (Å²) in [6.45, 7) is 10.4. The second-order valence-corrected chi connectivity index (χ2v) is 9.36. The van der Waals surface area contributed by atoms with E-state index >= 15 is 0 Å². The van der Waals surface area contributed by atoms with Crippen LogP contribution in [0.5, 0.6) is 0 Å². The predicted molar refractivity (Wildman–Crippen MR) is 133 cm³/mol. The van der Waals surface area contributed by atoms with Gasteiger partial charge >= 0.3 is 6.18 Å².